The van der Waals surface area contributed by atoms with Crippen molar-refractivity contribution in [3.63, 3.8) is 0 Å². The minimum absolute atomic E-state index is 0.166. The van der Waals surface area contributed by atoms with Crippen molar-refractivity contribution in [3.05, 3.63) is 154 Å². The van der Waals surface area contributed by atoms with Gasteiger partial charge in [-0.1, -0.05) is 132 Å². The SMILES string of the molecule is Cc1ccc(C=O)cc1.Cc1ccc(CN(Cc2ccc(C)cc2)C(=O)CCN[C@H](C)c2cccc3ccccc23)cc1. The molecule has 4 nitrogen and oxygen atoms in total. The smallest absolute Gasteiger partial charge is 0.224 e. The van der Waals surface area contributed by atoms with Crippen molar-refractivity contribution in [3.8, 4) is 0 Å². The summed E-state index contributed by atoms with van der Waals surface area (Å²) >= 11 is 0. The van der Waals surface area contributed by atoms with Gasteiger partial charge in [0.2, 0.25) is 5.91 Å². The number of aldehydes is 1. The number of nitrogens with one attached hydrogen (secondary N) is 1. The topological polar surface area (TPSA) is 49.4 Å². The monoisotopic (exact) mass is 570 g/mol. The zero-order valence-corrected chi connectivity index (χ0v) is 25.7. The van der Waals surface area contributed by atoms with E-state index in [1.54, 1.807) is 0 Å². The Bertz CT molecular complexity index is 1550. The van der Waals surface area contributed by atoms with Crippen molar-refractivity contribution >= 4 is 23.0 Å². The molecule has 0 saturated heterocycles. The highest BCUT2D eigenvalue weighted by Gasteiger charge is 2.16. The first-order valence-corrected chi connectivity index (χ1v) is 14.9. The van der Waals surface area contributed by atoms with Crippen LogP contribution in [0.4, 0.5) is 0 Å². The lowest BCUT2D eigenvalue weighted by Crippen LogP contribution is -2.33. The second kappa shape index (κ2) is 15.6. The summed E-state index contributed by atoms with van der Waals surface area (Å²) in [6.45, 7) is 10.2. The lowest BCUT2D eigenvalue weighted by molar-refractivity contribution is -0.132. The first-order chi connectivity index (χ1) is 20.8. The third-order valence-corrected chi connectivity index (χ3v) is 7.63. The molecule has 43 heavy (non-hydrogen) atoms. The van der Waals surface area contributed by atoms with Gasteiger partial charge in [-0.05, 0) is 55.2 Å². The van der Waals surface area contributed by atoms with E-state index in [9.17, 15) is 9.59 Å². The number of aryl methyl sites for hydroxylation is 3. The highest BCUT2D eigenvalue weighted by molar-refractivity contribution is 5.86. The van der Waals surface area contributed by atoms with Gasteiger partial charge in [-0.25, -0.2) is 0 Å². The standard InChI is InChI=1S/C31H34N2O.C8H8O/c1-23-11-15-26(16-12-23)21-33(22-27-17-13-24(2)14-18-27)31(34)19-20-32-25(3)29-10-6-8-28-7-4-5-9-30(28)29;1-7-2-4-8(6-9)5-3-7/h4-18,25,32H,19-22H2,1-3H3;2-6H,1H3/t25-;/m1./s1. The lowest BCUT2D eigenvalue weighted by Gasteiger charge is -2.24. The minimum Gasteiger partial charge on any atom is -0.334 e. The Hall–Kier alpha value is -4.54. The van der Waals surface area contributed by atoms with Crippen LogP contribution in [0.5, 0.6) is 0 Å². The van der Waals surface area contributed by atoms with E-state index in [0.29, 0.717) is 26.1 Å². The van der Waals surface area contributed by atoms with Crippen LogP contribution < -0.4 is 5.32 Å². The van der Waals surface area contributed by atoms with Gasteiger partial charge in [0.25, 0.3) is 0 Å². The van der Waals surface area contributed by atoms with Gasteiger partial charge in [0, 0.05) is 37.7 Å². The Kier molecular flexibility index (Phi) is 11.4. The summed E-state index contributed by atoms with van der Waals surface area (Å²) in [7, 11) is 0. The summed E-state index contributed by atoms with van der Waals surface area (Å²) in [4.78, 5) is 25.4. The maximum Gasteiger partial charge on any atom is 0.224 e. The molecule has 5 rings (SSSR count). The van der Waals surface area contributed by atoms with Gasteiger partial charge >= 0.3 is 0 Å². The Labute approximate surface area is 256 Å². The third-order valence-electron chi connectivity index (χ3n) is 7.63. The molecule has 4 heteroatoms. The van der Waals surface area contributed by atoms with E-state index >= 15 is 0 Å². The molecule has 1 amide bonds. The molecule has 0 heterocycles. The fourth-order valence-electron chi connectivity index (χ4n) is 5.00. The maximum atomic E-state index is 13.3. The summed E-state index contributed by atoms with van der Waals surface area (Å²) in [5.41, 5.74) is 7.95. The van der Waals surface area contributed by atoms with Gasteiger partial charge in [0.1, 0.15) is 6.29 Å². The molecule has 1 atom stereocenters. The second-order valence-electron chi connectivity index (χ2n) is 11.2. The van der Waals surface area contributed by atoms with Crippen LogP contribution in [0.25, 0.3) is 10.8 Å². The van der Waals surface area contributed by atoms with Crippen LogP contribution in [0.15, 0.2) is 115 Å². The van der Waals surface area contributed by atoms with Crippen molar-refractivity contribution in [2.45, 2.75) is 53.2 Å². The molecule has 220 valence electrons. The van der Waals surface area contributed by atoms with Gasteiger partial charge in [-0.2, -0.15) is 0 Å². The van der Waals surface area contributed by atoms with Crippen LogP contribution in [0.3, 0.4) is 0 Å². The molecule has 0 bridgehead atoms. The third kappa shape index (κ3) is 9.49. The predicted molar refractivity (Wildman–Crippen MR) is 178 cm³/mol. The summed E-state index contributed by atoms with van der Waals surface area (Å²) in [6, 6.07) is 39.4. The van der Waals surface area contributed by atoms with Crippen LogP contribution in [0, 0.1) is 20.8 Å². The number of hydrogen-bond acceptors (Lipinski definition) is 3. The summed E-state index contributed by atoms with van der Waals surface area (Å²) in [5.74, 6) is 0.166. The van der Waals surface area contributed by atoms with E-state index in [2.05, 4.69) is 117 Å². The van der Waals surface area contributed by atoms with E-state index in [1.807, 2.05) is 36.1 Å². The van der Waals surface area contributed by atoms with Gasteiger partial charge < -0.3 is 10.2 Å². The molecule has 0 unspecified atom stereocenters. The predicted octanol–water partition coefficient (Wildman–Crippen LogP) is 8.53. The molecule has 5 aromatic rings. The van der Waals surface area contributed by atoms with Crippen molar-refractivity contribution < 1.29 is 9.59 Å². The van der Waals surface area contributed by atoms with E-state index < -0.39 is 0 Å². The summed E-state index contributed by atoms with van der Waals surface area (Å²) < 4.78 is 0. The van der Waals surface area contributed by atoms with Gasteiger partial charge in [0.15, 0.2) is 0 Å². The molecule has 0 fully saturated rings. The molecule has 1 N–H and O–H groups in total. The number of hydrogen-bond donors (Lipinski definition) is 1. The van der Waals surface area contributed by atoms with E-state index in [-0.39, 0.29) is 11.9 Å². The molecule has 0 aliphatic heterocycles. The van der Waals surface area contributed by atoms with Crippen molar-refractivity contribution in [2.24, 2.45) is 0 Å². The van der Waals surface area contributed by atoms with Crippen molar-refractivity contribution in [1.82, 2.24) is 10.2 Å². The molecule has 0 aliphatic carbocycles. The maximum absolute atomic E-state index is 13.3. The highest BCUT2D eigenvalue weighted by Crippen LogP contribution is 2.24. The molecular weight excluding hydrogens is 528 g/mol. The van der Waals surface area contributed by atoms with Crippen LogP contribution in [-0.4, -0.2) is 23.6 Å². The summed E-state index contributed by atoms with van der Waals surface area (Å²) in [6.07, 6.45) is 1.31. The lowest BCUT2D eigenvalue weighted by atomic mass is 9.99. The number of fused-ring (bicyclic) bond motifs is 1. The van der Waals surface area contributed by atoms with Crippen LogP contribution in [-0.2, 0) is 17.9 Å². The molecule has 5 aromatic carbocycles. The number of carbonyl (C=O) groups excluding carboxylic acids is 2. The highest BCUT2D eigenvalue weighted by atomic mass is 16.2. The van der Waals surface area contributed by atoms with E-state index in [4.69, 9.17) is 0 Å². The fourth-order valence-corrected chi connectivity index (χ4v) is 5.00. The van der Waals surface area contributed by atoms with E-state index in [1.165, 1.54) is 33.0 Å². The van der Waals surface area contributed by atoms with Gasteiger partial charge in [-0.3, -0.25) is 9.59 Å². The minimum atomic E-state index is 0.166. The number of rotatable bonds is 10. The molecule has 0 aliphatic rings. The van der Waals surface area contributed by atoms with Crippen LogP contribution in [0.2, 0.25) is 0 Å². The normalized spacial score (nSPS) is 11.3. The number of benzene rings is 5. The molecule has 0 radical (unpaired) electrons. The van der Waals surface area contributed by atoms with Crippen LogP contribution in [0.1, 0.15) is 63.1 Å². The van der Waals surface area contributed by atoms with Crippen LogP contribution >= 0.6 is 0 Å². The van der Waals surface area contributed by atoms with Gasteiger partial charge in [-0.15, -0.1) is 0 Å². The summed E-state index contributed by atoms with van der Waals surface area (Å²) in [5, 5.41) is 6.08. The zero-order chi connectivity index (χ0) is 30.6. The number of amides is 1. The average molecular weight is 571 g/mol. The quantitative estimate of drug-likeness (QED) is 0.171. The Morgan fingerprint density at radius 3 is 1.77 bits per heavy atom. The molecule has 0 saturated carbocycles. The molecular formula is C39H42N2O2. The fraction of sp³-hybridized carbons (Fsp3) is 0.231. The first kappa shape index (κ1) is 31.4. The first-order valence-electron chi connectivity index (χ1n) is 14.9. The van der Waals surface area contributed by atoms with Gasteiger partial charge in [0.05, 0.1) is 0 Å². The number of carbonyl (C=O) groups is 2. The largest absolute Gasteiger partial charge is 0.334 e. The molecule has 0 spiro atoms. The second-order valence-corrected chi connectivity index (χ2v) is 11.2. The van der Waals surface area contributed by atoms with E-state index in [0.717, 1.165) is 23.0 Å². The number of nitrogens with zero attached hydrogens (tertiary/aromatic N) is 1. The Balaban J connectivity index is 0.000000403. The Morgan fingerprint density at radius 2 is 1.21 bits per heavy atom. The zero-order valence-electron chi connectivity index (χ0n) is 25.7. The average Bonchev–Trinajstić information content (AvgIpc) is 3.03. The molecule has 0 aromatic heterocycles. The Morgan fingerprint density at radius 1 is 0.698 bits per heavy atom. The van der Waals surface area contributed by atoms with Crippen molar-refractivity contribution in [1.29, 1.82) is 0 Å². The van der Waals surface area contributed by atoms with Crippen molar-refractivity contribution in [2.75, 3.05) is 6.54 Å².